The lowest BCUT2D eigenvalue weighted by Gasteiger charge is -2.12. The van der Waals surface area contributed by atoms with Gasteiger partial charge in [-0.1, -0.05) is 12.1 Å². The summed E-state index contributed by atoms with van der Waals surface area (Å²) in [5.74, 6) is -0.203. The number of nitriles is 1. The first-order chi connectivity index (χ1) is 15.6. The number of benzene rings is 3. The Balaban J connectivity index is 1.66. The van der Waals surface area contributed by atoms with Gasteiger partial charge in [0.1, 0.15) is 5.75 Å². The van der Waals surface area contributed by atoms with Crippen molar-refractivity contribution in [2.24, 2.45) is 0 Å². The van der Waals surface area contributed by atoms with Crippen molar-refractivity contribution in [1.29, 1.82) is 5.26 Å². The molecular weight excluding hydrogens is 459 g/mol. The van der Waals surface area contributed by atoms with Crippen LogP contribution in [0.15, 0.2) is 77.7 Å². The standard InChI is InChI=1S/C22H16F3N3O4S/c23-22(24,25)16-3-1-5-18(11-16)28-33(30,31)20-6-2-4-17(12-20)27-21(29)14-32-19-9-7-15(13-26)8-10-19/h1-12,28H,14H2,(H,27,29). The van der Waals surface area contributed by atoms with Gasteiger partial charge in [-0.15, -0.1) is 0 Å². The maximum Gasteiger partial charge on any atom is 0.416 e. The number of carbonyl (C=O) groups excluding carboxylic acids is 1. The minimum atomic E-state index is -4.62. The molecule has 0 radical (unpaired) electrons. The molecule has 2 N–H and O–H groups in total. The Labute approximate surface area is 187 Å². The Bertz CT molecular complexity index is 1300. The second-order valence-corrected chi connectivity index (χ2v) is 8.37. The van der Waals surface area contributed by atoms with Gasteiger partial charge in [-0.2, -0.15) is 18.4 Å². The third kappa shape index (κ3) is 6.47. The topological polar surface area (TPSA) is 108 Å². The number of nitrogens with one attached hydrogen (secondary N) is 2. The van der Waals surface area contributed by atoms with Gasteiger partial charge >= 0.3 is 6.18 Å². The fourth-order valence-corrected chi connectivity index (χ4v) is 3.78. The second kappa shape index (κ2) is 9.62. The number of alkyl halides is 3. The van der Waals surface area contributed by atoms with E-state index in [0.29, 0.717) is 17.4 Å². The Morgan fingerprint density at radius 2 is 1.64 bits per heavy atom. The molecule has 0 aliphatic rings. The van der Waals surface area contributed by atoms with E-state index in [-0.39, 0.29) is 22.9 Å². The number of anilines is 2. The summed E-state index contributed by atoms with van der Waals surface area (Å²) < 4.78 is 71.2. The first-order valence-electron chi connectivity index (χ1n) is 9.30. The zero-order valence-corrected chi connectivity index (χ0v) is 17.6. The number of hydrogen-bond acceptors (Lipinski definition) is 5. The Hall–Kier alpha value is -4.04. The van der Waals surface area contributed by atoms with Crippen molar-refractivity contribution in [3.05, 3.63) is 83.9 Å². The van der Waals surface area contributed by atoms with E-state index in [1.165, 1.54) is 48.5 Å². The van der Waals surface area contributed by atoms with Crippen LogP contribution in [-0.2, 0) is 21.0 Å². The van der Waals surface area contributed by atoms with Crippen LogP contribution in [0, 0.1) is 11.3 Å². The molecule has 0 saturated carbocycles. The van der Waals surface area contributed by atoms with Crippen LogP contribution in [0.4, 0.5) is 24.5 Å². The first kappa shape index (κ1) is 23.6. The summed E-state index contributed by atoms with van der Waals surface area (Å²) in [6.07, 6.45) is -4.62. The van der Waals surface area contributed by atoms with Crippen molar-refractivity contribution in [2.45, 2.75) is 11.1 Å². The fraction of sp³-hybridized carbons (Fsp3) is 0.0909. The molecule has 11 heteroatoms. The van der Waals surface area contributed by atoms with Crippen molar-refractivity contribution >= 4 is 27.3 Å². The predicted octanol–water partition coefficient (Wildman–Crippen LogP) is 4.40. The Morgan fingerprint density at radius 1 is 0.970 bits per heavy atom. The third-order valence-corrected chi connectivity index (χ3v) is 5.60. The van der Waals surface area contributed by atoms with Crippen molar-refractivity contribution in [1.82, 2.24) is 0 Å². The van der Waals surface area contributed by atoms with Crippen molar-refractivity contribution < 1.29 is 31.1 Å². The van der Waals surface area contributed by atoms with Gasteiger partial charge in [0.15, 0.2) is 6.61 Å². The monoisotopic (exact) mass is 475 g/mol. The highest BCUT2D eigenvalue weighted by atomic mass is 32.2. The molecule has 33 heavy (non-hydrogen) atoms. The SMILES string of the molecule is N#Cc1ccc(OCC(=O)Nc2cccc(S(=O)(=O)Nc3cccc(C(F)(F)F)c3)c2)cc1. The van der Waals surface area contributed by atoms with Gasteiger partial charge in [0.25, 0.3) is 15.9 Å². The number of rotatable bonds is 7. The van der Waals surface area contributed by atoms with Crippen molar-refractivity contribution in [3.8, 4) is 11.8 Å². The van der Waals surface area contributed by atoms with E-state index >= 15 is 0 Å². The van der Waals surface area contributed by atoms with Gasteiger partial charge < -0.3 is 10.1 Å². The molecule has 1 amide bonds. The Kier molecular flexibility index (Phi) is 6.89. The number of hydrogen-bond donors (Lipinski definition) is 2. The third-order valence-electron chi connectivity index (χ3n) is 4.22. The van der Waals surface area contributed by atoms with Gasteiger partial charge in [-0.3, -0.25) is 9.52 Å². The molecule has 3 aromatic rings. The number of sulfonamides is 1. The van der Waals surface area contributed by atoms with Crippen LogP contribution in [-0.4, -0.2) is 20.9 Å². The minimum absolute atomic E-state index is 0.148. The van der Waals surface area contributed by atoms with Crippen LogP contribution in [0.2, 0.25) is 0 Å². The average Bonchev–Trinajstić information content (AvgIpc) is 2.77. The number of carbonyl (C=O) groups is 1. The highest BCUT2D eigenvalue weighted by molar-refractivity contribution is 7.92. The lowest BCUT2D eigenvalue weighted by Crippen LogP contribution is -2.20. The normalized spacial score (nSPS) is 11.3. The van der Waals surface area contributed by atoms with E-state index in [4.69, 9.17) is 10.00 Å². The van der Waals surface area contributed by atoms with Gasteiger partial charge in [0.2, 0.25) is 0 Å². The molecule has 7 nitrogen and oxygen atoms in total. The fourth-order valence-electron chi connectivity index (χ4n) is 2.69. The molecule has 0 spiro atoms. The lowest BCUT2D eigenvalue weighted by molar-refractivity contribution is -0.137. The summed E-state index contributed by atoms with van der Waals surface area (Å²) >= 11 is 0. The summed E-state index contributed by atoms with van der Waals surface area (Å²) in [7, 11) is -4.22. The van der Waals surface area contributed by atoms with Crippen LogP contribution in [0.25, 0.3) is 0 Å². The van der Waals surface area contributed by atoms with Crippen LogP contribution in [0.5, 0.6) is 5.75 Å². The molecule has 3 rings (SSSR count). The molecule has 0 bridgehead atoms. The zero-order chi connectivity index (χ0) is 24.1. The van der Waals surface area contributed by atoms with E-state index in [1.807, 2.05) is 6.07 Å². The predicted molar refractivity (Wildman–Crippen MR) is 114 cm³/mol. The number of halogens is 3. The number of nitrogens with zero attached hydrogens (tertiary/aromatic N) is 1. The van der Waals surface area contributed by atoms with Crippen LogP contribution >= 0.6 is 0 Å². The lowest BCUT2D eigenvalue weighted by atomic mass is 10.2. The van der Waals surface area contributed by atoms with E-state index in [0.717, 1.165) is 18.2 Å². The molecule has 0 heterocycles. The first-order valence-corrected chi connectivity index (χ1v) is 10.8. The van der Waals surface area contributed by atoms with Crippen LogP contribution in [0.1, 0.15) is 11.1 Å². The maximum absolute atomic E-state index is 12.9. The zero-order valence-electron chi connectivity index (χ0n) is 16.8. The summed E-state index contributed by atoms with van der Waals surface area (Å²) in [5, 5.41) is 11.3. The molecule has 0 aromatic heterocycles. The van der Waals surface area contributed by atoms with Crippen LogP contribution < -0.4 is 14.8 Å². The highest BCUT2D eigenvalue weighted by Crippen LogP contribution is 2.31. The molecule has 0 aliphatic carbocycles. The number of amides is 1. The van der Waals surface area contributed by atoms with E-state index in [9.17, 15) is 26.4 Å². The number of ether oxygens (including phenoxy) is 1. The second-order valence-electron chi connectivity index (χ2n) is 6.68. The largest absolute Gasteiger partial charge is 0.484 e. The van der Waals surface area contributed by atoms with Gasteiger partial charge in [0.05, 0.1) is 22.1 Å². The molecule has 0 saturated heterocycles. The Morgan fingerprint density at radius 3 is 2.30 bits per heavy atom. The van der Waals surface area contributed by atoms with E-state index in [1.54, 1.807) is 0 Å². The van der Waals surface area contributed by atoms with E-state index in [2.05, 4.69) is 10.0 Å². The molecular formula is C22H16F3N3O4S. The van der Waals surface area contributed by atoms with Gasteiger partial charge in [-0.05, 0) is 60.7 Å². The molecule has 0 atom stereocenters. The summed E-state index contributed by atoms with van der Waals surface area (Å²) in [6.45, 7) is -0.370. The summed E-state index contributed by atoms with van der Waals surface area (Å²) in [4.78, 5) is 11.9. The van der Waals surface area contributed by atoms with Gasteiger partial charge in [-0.25, -0.2) is 8.42 Å². The average molecular weight is 475 g/mol. The molecule has 0 aliphatic heterocycles. The van der Waals surface area contributed by atoms with Crippen LogP contribution in [0.3, 0.4) is 0 Å². The maximum atomic E-state index is 12.9. The molecule has 0 fully saturated rings. The summed E-state index contributed by atoms with van der Waals surface area (Å²) in [6, 6.07) is 17.1. The quantitative estimate of drug-likeness (QED) is 0.527. The minimum Gasteiger partial charge on any atom is -0.484 e. The van der Waals surface area contributed by atoms with Crippen molar-refractivity contribution in [2.75, 3.05) is 16.6 Å². The summed E-state index contributed by atoms with van der Waals surface area (Å²) in [5.41, 5.74) is -0.667. The molecule has 0 unspecified atom stereocenters. The smallest absolute Gasteiger partial charge is 0.416 e. The van der Waals surface area contributed by atoms with Crippen molar-refractivity contribution in [3.63, 3.8) is 0 Å². The molecule has 3 aromatic carbocycles. The molecule has 170 valence electrons. The van der Waals surface area contributed by atoms with Gasteiger partial charge in [0, 0.05) is 11.4 Å². The van der Waals surface area contributed by atoms with E-state index < -0.39 is 27.7 Å². The highest BCUT2D eigenvalue weighted by Gasteiger charge is 2.30.